The maximum atomic E-state index is 13.3. The van der Waals surface area contributed by atoms with Gasteiger partial charge in [0.25, 0.3) is 0 Å². The summed E-state index contributed by atoms with van der Waals surface area (Å²) in [5, 5.41) is 0. The van der Waals surface area contributed by atoms with Crippen LogP contribution in [0.4, 0.5) is 5.69 Å². The molecule has 2 aromatic carbocycles. The second-order valence-corrected chi connectivity index (χ2v) is 7.75. The van der Waals surface area contributed by atoms with Crippen LogP contribution in [0.15, 0.2) is 46.9 Å². The van der Waals surface area contributed by atoms with E-state index in [1.54, 1.807) is 36.4 Å². The third kappa shape index (κ3) is 2.81. The second kappa shape index (κ2) is 7.05. The van der Waals surface area contributed by atoms with E-state index >= 15 is 0 Å². The molecule has 0 N–H and O–H groups in total. The van der Waals surface area contributed by atoms with Gasteiger partial charge in [-0.25, -0.2) is 4.90 Å². The van der Waals surface area contributed by atoms with E-state index in [1.165, 1.54) is 7.11 Å². The molecule has 144 valence electrons. The van der Waals surface area contributed by atoms with Crippen molar-refractivity contribution in [3.8, 4) is 11.5 Å². The standard InChI is InChI=1S/C21H18BrNO5/c1-3-14-17-15-10-11(22)4-9-16(15)28-21(26)18(17)20(25)23(19(14)24)12-5-7-13(27-2)8-6-12/h4-10,14,17-18H,3H2,1-2H3/t14-,17+,18+/m1/s1. The minimum absolute atomic E-state index is 0.306. The van der Waals surface area contributed by atoms with Crippen molar-refractivity contribution in [2.75, 3.05) is 12.0 Å². The number of methoxy groups -OCH3 is 1. The van der Waals surface area contributed by atoms with E-state index in [2.05, 4.69) is 15.9 Å². The molecule has 0 aliphatic carbocycles. The van der Waals surface area contributed by atoms with Crippen LogP contribution in [0.1, 0.15) is 24.8 Å². The van der Waals surface area contributed by atoms with Gasteiger partial charge in [0.2, 0.25) is 11.8 Å². The summed E-state index contributed by atoms with van der Waals surface area (Å²) >= 11 is 3.42. The smallest absolute Gasteiger partial charge is 0.324 e. The molecule has 2 heterocycles. The first-order chi connectivity index (χ1) is 13.5. The summed E-state index contributed by atoms with van der Waals surface area (Å²) in [4.78, 5) is 40.4. The number of halogens is 1. The average Bonchev–Trinajstić information content (AvgIpc) is 2.69. The predicted molar refractivity (Wildman–Crippen MR) is 105 cm³/mol. The highest BCUT2D eigenvalue weighted by Crippen LogP contribution is 2.48. The Kier molecular flexibility index (Phi) is 4.71. The molecule has 4 rings (SSSR count). The van der Waals surface area contributed by atoms with Crippen LogP contribution in [0, 0.1) is 11.8 Å². The number of benzene rings is 2. The molecule has 0 saturated carbocycles. The van der Waals surface area contributed by atoms with Crippen molar-refractivity contribution in [1.29, 1.82) is 0 Å². The molecule has 2 amide bonds. The molecule has 2 aromatic rings. The van der Waals surface area contributed by atoms with E-state index in [0.717, 1.165) is 9.37 Å². The molecule has 2 aliphatic heterocycles. The van der Waals surface area contributed by atoms with E-state index in [1.807, 2.05) is 13.0 Å². The zero-order valence-corrected chi connectivity index (χ0v) is 16.9. The van der Waals surface area contributed by atoms with Crippen molar-refractivity contribution in [2.45, 2.75) is 19.3 Å². The van der Waals surface area contributed by atoms with E-state index in [9.17, 15) is 14.4 Å². The number of esters is 1. The number of fused-ring (bicyclic) bond motifs is 3. The lowest BCUT2D eigenvalue weighted by Crippen LogP contribution is -2.57. The zero-order chi connectivity index (χ0) is 20.0. The van der Waals surface area contributed by atoms with Gasteiger partial charge in [-0.3, -0.25) is 14.4 Å². The third-order valence-corrected chi connectivity index (χ3v) is 5.88. The molecule has 1 saturated heterocycles. The van der Waals surface area contributed by atoms with Gasteiger partial charge < -0.3 is 9.47 Å². The summed E-state index contributed by atoms with van der Waals surface area (Å²) in [6, 6.07) is 11.9. The number of ether oxygens (including phenoxy) is 2. The van der Waals surface area contributed by atoms with Gasteiger partial charge in [-0.05, 0) is 48.9 Å². The van der Waals surface area contributed by atoms with Crippen molar-refractivity contribution in [2.24, 2.45) is 11.8 Å². The molecule has 0 spiro atoms. The van der Waals surface area contributed by atoms with E-state index < -0.39 is 29.6 Å². The first-order valence-electron chi connectivity index (χ1n) is 8.99. The molecule has 0 aromatic heterocycles. The highest BCUT2D eigenvalue weighted by molar-refractivity contribution is 9.10. The highest BCUT2D eigenvalue weighted by atomic mass is 79.9. The number of hydrogen-bond acceptors (Lipinski definition) is 5. The Bertz CT molecular complexity index is 971. The monoisotopic (exact) mass is 443 g/mol. The largest absolute Gasteiger partial charge is 0.497 e. The summed E-state index contributed by atoms with van der Waals surface area (Å²) in [6.45, 7) is 1.89. The number of anilines is 1. The van der Waals surface area contributed by atoms with Crippen molar-refractivity contribution < 1.29 is 23.9 Å². The number of imide groups is 1. The van der Waals surface area contributed by atoms with Gasteiger partial charge in [-0.15, -0.1) is 0 Å². The normalized spacial score (nSPS) is 23.8. The lowest BCUT2D eigenvalue weighted by atomic mass is 9.70. The fraction of sp³-hybridized carbons (Fsp3) is 0.286. The fourth-order valence-corrected chi connectivity index (χ4v) is 4.43. The molecular weight excluding hydrogens is 426 g/mol. The van der Waals surface area contributed by atoms with Crippen molar-refractivity contribution in [3.63, 3.8) is 0 Å². The Hall–Kier alpha value is -2.67. The quantitative estimate of drug-likeness (QED) is 0.313. The van der Waals surface area contributed by atoms with Crippen LogP contribution in [0.2, 0.25) is 0 Å². The zero-order valence-electron chi connectivity index (χ0n) is 15.3. The molecule has 3 atom stereocenters. The van der Waals surface area contributed by atoms with Crippen LogP contribution in [0.5, 0.6) is 11.5 Å². The summed E-state index contributed by atoms with van der Waals surface area (Å²) in [5.74, 6) is -2.55. The first kappa shape index (κ1) is 18.7. The molecule has 0 bridgehead atoms. The van der Waals surface area contributed by atoms with Gasteiger partial charge in [0.05, 0.1) is 12.8 Å². The second-order valence-electron chi connectivity index (χ2n) is 6.83. The summed E-state index contributed by atoms with van der Waals surface area (Å²) in [6.07, 6.45) is 0.499. The SMILES string of the molecule is CC[C@H]1C(=O)N(c2ccc(OC)cc2)C(=O)[C@H]2C(=O)Oc3ccc(Br)cc3[C@@H]21. The van der Waals surface area contributed by atoms with Crippen LogP contribution in [-0.4, -0.2) is 24.9 Å². The Labute approximate surface area is 170 Å². The Morgan fingerprint density at radius 1 is 1.07 bits per heavy atom. The van der Waals surface area contributed by atoms with Gasteiger partial charge in [0.15, 0.2) is 0 Å². The van der Waals surface area contributed by atoms with Gasteiger partial charge in [0, 0.05) is 21.9 Å². The van der Waals surface area contributed by atoms with Crippen molar-refractivity contribution in [3.05, 3.63) is 52.5 Å². The average molecular weight is 444 g/mol. The van der Waals surface area contributed by atoms with Crippen LogP contribution in [0.25, 0.3) is 0 Å². The Morgan fingerprint density at radius 2 is 1.79 bits per heavy atom. The number of carbonyl (C=O) groups is 3. The lowest BCUT2D eigenvalue weighted by molar-refractivity contribution is -0.151. The minimum Gasteiger partial charge on any atom is -0.497 e. The lowest BCUT2D eigenvalue weighted by Gasteiger charge is -2.43. The molecule has 28 heavy (non-hydrogen) atoms. The summed E-state index contributed by atoms with van der Waals surface area (Å²) < 4.78 is 11.4. The molecule has 6 nitrogen and oxygen atoms in total. The van der Waals surface area contributed by atoms with Crippen molar-refractivity contribution >= 4 is 39.4 Å². The maximum absolute atomic E-state index is 13.3. The van der Waals surface area contributed by atoms with E-state index in [0.29, 0.717) is 29.2 Å². The van der Waals surface area contributed by atoms with Crippen LogP contribution in [0.3, 0.4) is 0 Å². The topological polar surface area (TPSA) is 72.9 Å². The van der Waals surface area contributed by atoms with Gasteiger partial charge in [-0.1, -0.05) is 22.9 Å². The molecule has 0 unspecified atom stereocenters. The summed E-state index contributed by atoms with van der Waals surface area (Å²) in [5.41, 5.74) is 1.13. The Morgan fingerprint density at radius 3 is 2.43 bits per heavy atom. The Balaban J connectivity index is 1.82. The first-order valence-corrected chi connectivity index (χ1v) is 9.78. The predicted octanol–water partition coefficient (Wildman–Crippen LogP) is 3.68. The van der Waals surface area contributed by atoms with Gasteiger partial charge in [0.1, 0.15) is 17.4 Å². The molecule has 0 radical (unpaired) electrons. The van der Waals surface area contributed by atoms with E-state index in [4.69, 9.17) is 9.47 Å². The number of carbonyl (C=O) groups excluding carboxylic acids is 3. The summed E-state index contributed by atoms with van der Waals surface area (Å²) in [7, 11) is 1.54. The number of hydrogen-bond donors (Lipinski definition) is 0. The van der Waals surface area contributed by atoms with Crippen LogP contribution < -0.4 is 14.4 Å². The molecular formula is C21H18BrNO5. The maximum Gasteiger partial charge on any atom is 0.324 e. The molecule has 1 fully saturated rings. The fourth-order valence-electron chi connectivity index (χ4n) is 4.06. The van der Waals surface area contributed by atoms with Crippen LogP contribution in [-0.2, 0) is 14.4 Å². The molecule has 7 heteroatoms. The van der Waals surface area contributed by atoms with Crippen molar-refractivity contribution in [1.82, 2.24) is 0 Å². The van der Waals surface area contributed by atoms with Gasteiger partial charge in [-0.2, -0.15) is 0 Å². The number of amides is 2. The third-order valence-electron chi connectivity index (χ3n) is 5.38. The number of nitrogens with zero attached hydrogens (tertiary/aromatic N) is 1. The minimum atomic E-state index is -1.05. The highest BCUT2D eigenvalue weighted by Gasteiger charge is 2.55. The molecule has 2 aliphatic rings. The van der Waals surface area contributed by atoms with Gasteiger partial charge >= 0.3 is 5.97 Å². The number of rotatable bonds is 3. The number of piperidine rings is 1. The van der Waals surface area contributed by atoms with E-state index in [-0.39, 0.29) is 5.91 Å². The van der Waals surface area contributed by atoms with Crippen LogP contribution >= 0.6 is 15.9 Å².